The van der Waals surface area contributed by atoms with E-state index in [4.69, 9.17) is 11.6 Å². The zero-order valence-electron chi connectivity index (χ0n) is 15.2. The zero-order valence-corrected chi connectivity index (χ0v) is 15.9. The molecule has 0 radical (unpaired) electrons. The summed E-state index contributed by atoms with van der Waals surface area (Å²) in [5.41, 5.74) is 2.55. The summed E-state index contributed by atoms with van der Waals surface area (Å²) in [6.45, 7) is 0.498. The van der Waals surface area contributed by atoms with E-state index >= 15 is 0 Å². The number of carbonyl (C=O) groups excluding carboxylic acids is 2. The van der Waals surface area contributed by atoms with Crippen molar-refractivity contribution < 1.29 is 9.59 Å². The van der Waals surface area contributed by atoms with Crippen LogP contribution >= 0.6 is 11.6 Å². The molecule has 2 aromatic rings. The summed E-state index contributed by atoms with van der Waals surface area (Å²) in [5, 5.41) is 3.86. The van der Waals surface area contributed by atoms with Gasteiger partial charge in [-0.2, -0.15) is 0 Å². The van der Waals surface area contributed by atoms with Crippen LogP contribution in [0, 0.1) is 0 Å². The molecule has 0 spiro atoms. The first kappa shape index (κ1) is 18.1. The van der Waals surface area contributed by atoms with Crippen molar-refractivity contribution >= 4 is 23.4 Å². The number of carbonyl (C=O) groups is 2. The molecule has 2 aliphatic rings. The molecule has 140 valence electrons. The smallest absolute Gasteiger partial charge is 0.255 e. The van der Waals surface area contributed by atoms with Crippen molar-refractivity contribution in [2.24, 2.45) is 0 Å². The summed E-state index contributed by atoms with van der Waals surface area (Å²) in [4.78, 5) is 27.7. The molecule has 1 atom stereocenters. The van der Waals surface area contributed by atoms with Gasteiger partial charge in [0.25, 0.3) is 5.91 Å². The molecular formula is C22H23ClN2O2. The van der Waals surface area contributed by atoms with Gasteiger partial charge < -0.3 is 10.2 Å². The number of rotatable bonds is 5. The summed E-state index contributed by atoms with van der Waals surface area (Å²) in [5.74, 6) is -0.123. The molecule has 4 nitrogen and oxygen atoms in total. The van der Waals surface area contributed by atoms with Gasteiger partial charge in [0.15, 0.2) is 0 Å². The summed E-state index contributed by atoms with van der Waals surface area (Å²) >= 11 is 5.95. The first-order chi connectivity index (χ1) is 13.1. The molecule has 0 saturated heterocycles. The van der Waals surface area contributed by atoms with Crippen LogP contribution in [0.3, 0.4) is 0 Å². The third-order valence-electron chi connectivity index (χ3n) is 5.56. The Labute approximate surface area is 164 Å². The van der Waals surface area contributed by atoms with Crippen molar-refractivity contribution in [2.45, 2.75) is 44.2 Å². The van der Waals surface area contributed by atoms with Crippen LogP contribution in [0.15, 0.2) is 48.5 Å². The molecule has 1 unspecified atom stereocenters. The highest BCUT2D eigenvalue weighted by atomic mass is 35.5. The van der Waals surface area contributed by atoms with Gasteiger partial charge in [-0.25, -0.2) is 0 Å². The molecule has 1 aliphatic heterocycles. The maximum absolute atomic E-state index is 13.1. The Morgan fingerprint density at radius 2 is 1.78 bits per heavy atom. The minimum atomic E-state index is -0.540. The molecule has 0 aromatic heterocycles. The van der Waals surface area contributed by atoms with E-state index in [1.807, 2.05) is 48.5 Å². The highest BCUT2D eigenvalue weighted by Crippen LogP contribution is 2.34. The predicted molar refractivity (Wildman–Crippen MR) is 106 cm³/mol. The van der Waals surface area contributed by atoms with Crippen molar-refractivity contribution in [3.05, 3.63) is 70.2 Å². The Hall–Kier alpha value is -2.33. The molecule has 5 heteroatoms. The molecule has 27 heavy (non-hydrogen) atoms. The molecule has 1 fully saturated rings. The maximum Gasteiger partial charge on any atom is 0.255 e. The number of nitrogens with one attached hydrogen (secondary N) is 1. The van der Waals surface area contributed by atoms with Crippen LogP contribution in [-0.4, -0.2) is 29.3 Å². The number of amides is 2. The second kappa shape index (κ2) is 7.73. The minimum Gasteiger partial charge on any atom is -0.351 e. The van der Waals surface area contributed by atoms with Gasteiger partial charge >= 0.3 is 0 Å². The first-order valence-corrected chi connectivity index (χ1v) is 9.96. The SMILES string of the molecule is O=C(NC1CCCC1)C1c2ccccc2C(=O)N1CCc1ccc(Cl)cc1. The van der Waals surface area contributed by atoms with Crippen LogP contribution in [-0.2, 0) is 11.2 Å². The normalized spacial score (nSPS) is 19.4. The first-order valence-electron chi connectivity index (χ1n) is 9.58. The van der Waals surface area contributed by atoms with Gasteiger partial charge in [-0.3, -0.25) is 9.59 Å². The number of nitrogens with zero attached hydrogens (tertiary/aromatic N) is 1. The Morgan fingerprint density at radius 1 is 1.07 bits per heavy atom. The van der Waals surface area contributed by atoms with Gasteiger partial charge in [0, 0.05) is 23.2 Å². The van der Waals surface area contributed by atoms with E-state index in [1.54, 1.807) is 4.90 Å². The van der Waals surface area contributed by atoms with E-state index in [2.05, 4.69) is 5.32 Å². The molecule has 1 aliphatic carbocycles. The van der Waals surface area contributed by atoms with E-state index < -0.39 is 6.04 Å². The lowest BCUT2D eigenvalue weighted by molar-refractivity contribution is -0.126. The molecular weight excluding hydrogens is 360 g/mol. The molecule has 1 heterocycles. The molecule has 4 rings (SSSR count). The van der Waals surface area contributed by atoms with Crippen LogP contribution in [0.1, 0.15) is 53.2 Å². The fourth-order valence-electron chi connectivity index (χ4n) is 4.13. The monoisotopic (exact) mass is 382 g/mol. The van der Waals surface area contributed by atoms with Gasteiger partial charge in [0.1, 0.15) is 6.04 Å². The van der Waals surface area contributed by atoms with Gasteiger partial charge in [-0.1, -0.05) is 54.8 Å². The lowest BCUT2D eigenvalue weighted by Gasteiger charge is -2.26. The van der Waals surface area contributed by atoms with Crippen LogP contribution in [0.5, 0.6) is 0 Å². The number of fused-ring (bicyclic) bond motifs is 1. The fourth-order valence-corrected chi connectivity index (χ4v) is 4.26. The van der Waals surface area contributed by atoms with E-state index in [0.717, 1.165) is 36.8 Å². The number of halogens is 1. The lowest BCUT2D eigenvalue weighted by Crippen LogP contribution is -2.43. The van der Waals surface area contributed by atoms with Crippen molar-refractivity contribution in [3.8, 4) is 0 Å². The van der Waals surface area contributed by atoms with Gasteiger partial charge in [0.05, 0.1) is 0 Å². The molecule has 1 saturated carbocycles. The standard InChI is InChI=1S/C22H23ClN2O2/c23-16-11-9-15(10-12-16)13-14-25-20(21(26)24-17-5-1-2-6-17)18-7-3-4-8-19(18)22(25)27/h3-4,7-12,17,20H,1-2,5-6,13-14H2,(H,24,26). The van der Waals surface area contributed by atoms with E-state index in [1.165, 1.54) is 0 Å². The summed E-state index contributed by atoms with van der Waals surface area (Å²) < 4.78 is 0. The lowest BCUT2D eigenvalue weighted by atomic mass is 10.0. The van der Waals surface area contributed by atoms with Crippen LogP contribution in [0.25, 0.3) is 0 Å². The van der Waals surface area contributed by atoms with Crippen LogP contribution in [0.4, 0.5) is 0 Å². The maximum atomic E-state index is 13.1. The number of benzene rings is 2. The topological polar surface area (TPSA) is 49.4 Å². The van der Waals surface area contributed by atoms with Gasteiger partial charge in [-0.05, 0) is 48.6 Å². The second-order valence-corrected chi connectivity index (χ2v) is 7.79. The molecule has 2 amide bonds. The van der Waals surface area contributed by atoms with Crippen molar-refractivity contribution in [1.82, 2.24) is 10.2 Å². The number of hydrogen-bond donors (Lipinski definition) is 1. The summed E-state index contributed by atoms with van der Waals surface area (Å²) in [7, 11) is 0. The predicted octanol–water partition coefficient (Wildman–Crippen LogP) is 4.14. The Bertz CT molecular complexity index is 844. The Balaban J connectivity index is 1.55. The fraction of sp³-hybridized carbons (Fsp3) is 0.364. The molecule has 2 aromatic carbocycles. The third kappa shape index (κ3) is 3.72. The molecule has 1 N–H and O–H groups in total. The Morgan fingerprint density at radius 3 is 2.52 bits per heavy atom. The third-order valence-corrected chi connectivity index (χ3v) is 5.81. The van der Waals surface area contributed by atoms with Crippen molar-refractivity contribution in [3.63, 3.8) is 0 Å². The summed E-state index contributed by atoms with van der Waals surface area (Å²) in [6.07, 6.45) is 5.05. The minimum absolute atomic E-state index is 0.0590. The van der Waals surface area contributed by atoms with Gasteiger partial charge in [-0.15, -0.1) is 0 Å². The highest BCUT2D eigenvalue weighted by molar-refractivity contribution is 6.30. The summed E-state index contributed by atoms with van der Waals surface area (Å²) in [6, 6.07) is 14.8. The van der Waals surface area contributed by atoms with E-state index in [9.17, 15) is 9.59 Å². The average Bonchev–Trinajstić information content (AvgIpc) is 3.28. The molecule has 0 bridgehead atoms. The highest BCUT2D eigenvalue weighted by Gasteiger charge is 2.41. The average molecular weight is 383 g/mol. The second-order valence-electron chi connectivity index (χ2n) is 7.35. The van der Waals surface area contributed by atoms with Crippen LogP contribution < -0.4 is 5.32 Å². The Kier molecular flexibility index (Phi) is 5.17. The van der Waals surface area contributed by atoms with Gasteiger partial charge in [0.2, 0.25) is 5.91 Å². The van der Waals surface area contributed by atoms with Crippen molar-refractivity contribution in [2.75, 3.05) is 6.54 Å². The van der Waals surface area contributed by atoms with Crippen molar-refractivity contribution in [1.29, 1.82) is 0 Å². The quantitative estimate of drug-likeness (QED) is 0.844. The van der Waals surface area contributed by atoms with E-state index in [-0.39, 0.29) is 17.9 Å². The number of hydrogen-bond acceptors (Lipinski definition) is 2. The zero-order chi connectivity index (χ0) is 18.8. The van der Waals surface area contributed by atoms with E-state index in [0.29, 0.717) is 23.6 Å². The largest absolute Gasteiger partial charge is 0.351 e. The van der Waals surface area contributed by atoms with Crippen LogP contribution in [0.2, 0.25) is 5.02 Å².